The van der Waals surface area contributed by atoms with Crippen molar-refractivity contribution in [2.75, 3.05) is 20.3 Å². The van der Waals surface area contributed by atoms with Gasteiger partial charge in [0.05, 0.1) is 13.7 Å². The molecule has 1 heterocycles. The van der Waals surface area contributed by atoms with Gasteiger partial charge >= 0.3 is 18.0 Å². The zero-order valence-corrected chi connectivity index (χ0v) is 14.2. The number of hydrogen-bond donors (Lipinski definition) is 4. The van der Waals surface area contributed by atoms with Crippen LogP contribution in [0.4, 0.5) is 4.79 Å². The van der Waals surface area contributed by atoms with Crippen LogP contribution >= 0.6 is 0 Å². The van der Waals surface area contributed by atoms with Crippen molar-refractivity contribution < 1.29 is 38.8 Å². The van der Waals surface area contributed by atoms with E-state index in [1.54, 1.807) is 7.11 Å². The van der Waals surface area contributed by atoms with Crippen LogP contribution in [0.25, 0.3) is 0 Å². The van der Waals surface area contributed by atoms with E-state index in [0.717, 1.165) is 0 Å². The first-order valence-corrected chi connectivity index (χ1v) is 7.74. The monoisotopic (exact) mass is 370 g/mol. The predicted molar refractivity (Wildman–Crippen MR) is 89.2 cm³/mol. The summed E-state index contributed by atoms with van der Waals surface area (Å²) in [7, 11) is 1.58. The van der Waals surface area contributed by atoms with Crippen molar-refractivity contribution >= 4 is 18.0 Å². The second-order valence-corrected chi connectivity index (χ2v) is 5.25. The smallest absolute Gasteiger partial charge is 0.407 e. The third kappa shape index (κ3) is 7.71. The Morgan fingerprint density at radius 3 is 2.50 bits per heavy atom. The van der Waals surface area contributed by atoms with E-state index in [4.69, 9.17) is 30.2 Å². The van der Waals surface area contributed by atoms with Gasteiger partial charge in [0.1, 0.15) is 12.6 Å². The van der Waals surface area contributed by atoms with Crippen molar-refractivity contribution in [3.63, 3.8) is 0 Å². The van der Waals surface area contributed by atoms with Crippen LogP contribution < -0.4 is 20.5 Å². The molecule has 1 aliphatic rings. The molecule has 0 bridgehead atoms. The van der Waals surface area contributed by atoms with Gasteiger partial charge in [0, 0.05) is 6.42 Å². The van der Waals surface area contributed by atoms with E-state index in [2.05, 4.69) is 5.32 Å². The fraction of sp³-hybridized carbons (Fsp3) is 0.438. The molecule has 2 atom stereocenters. The number of para-hydroxylation sites is 2. The Hall–Kier alpha value is -3.01. The lowest BCUT2D eigenvalue weighted by atomic mass is 10.2. The van der Waals surface area contributed by atoms with Crippen molar-refractivity contribution in [2.24, 2.45) is 5.73 Å². The maximum absolute atomic E-state index is 10.8. The summed E-state index contributed by atoms with van der Waals surface area (Å²) in [5.41, 5.74) is 5.00. The van der Waals surface area contributed by atoms with E-state index in [1.165, 1.54) is 0 Å². The number of amides is 1. The summed E-state index contributed by atoms with van der Waals surface area (Å²) in [4.78, 5) is 30.6. The van der Waals surface area contributed by atoms with Gasteiger partial charge in [-0.2, -0.15) is 0 Å². The molecule has 0 aromatic heterocycles. The van der Waals surface area contributed by atoms with Gasteiger partial charge in [-0.1, -0.05) is 12.1 Å². The summed E-state index contributed by atoms with van der Waals surface area (Å²) in [5.74, 6) is -0.884. The number of nitrogens with two attached hydrogens (primary N) is 1. The fourth-order valence-electron chi connectivity index (χ4n) is 1.85. The number of cyclic esters (lactones) is 1. The van der Waals surface area contributed by atoms with Crippen molar-refractivity contribution in [1.82, 2.24) is 5.32 Å². The molecule has 1 amide bonds. The number of carboxylic acids is 2. The SMILES string of the molecule is COc1ccccc1OCC1CNC(=O)O1.NC(CCC(=O)O)C(=O)O. The molecule has 2 unspecified atom stereocenters. The molecule has 1 aromatic carbocycles. The first-order valence-electron chi connectivity index (χ1n) is 7.74. The van der Waals surface area contributed by atoms with Crippen LogP contribution in [0.1, 0.15) is 12.8 Å². The van der Waals surface area contributed by atoms with Gasteiger partial charge in [-0.15, -0.1) is 0 Å². The van der Waals surface area contributed by atoms with Gasteiger partial charge in [0.25, 0.3) is 0 Å². The molecule has 1 aromatic rings. The highest BCUT2D eigenvalue weighted by molar-refractivity contribution is 5.74. The van der Waals surface area contributed by atoms with E-state index < -0.39 is 24.1 Å². The maximum atomic E-state index is 10.8. The number of rotatable bonds is 8. The molecule has 1 aliphatic heterocycles. The molecule has 0 aliphatic carbocycles. The standard InChI is InChI=1S/C11H13NO4.C5H9NO4/c1-14-9-4-2-3-5-10(9)15-7-8-6-12-11(13)16-8;6-3(5(9)10)1-2-4(7)8/h2-5,8H,6-7H2,1H3,(H,12,13);3H,1-2,6H2,(H,7,8)(H,9,10). The lowest BCUT2D eigenvalue weighted by Gasteiger charge is -2.12. The molecule has 1 fully saturated rings. The molecule has 144 valence electrons. The maximum Gasteiger partial charge on any atom is 0.407 e. The van der Waals surface area contributed by atoms with Crippen LogP contribution in [-0.4, -0.2) is 60.7 Å². The second kappa shape index (κ2) is 10.8. The lowest BCUT2D eigenvalue weighted by molar-refractivity contribution is -0.139. The van der Waals surface area contributed by atoms with Crippen molar-refractivity contribution in [3.05, 3.63) is 24.3 Å². The average molecular weight is 370 g/mol. The van der Waals surface area contributed by atoms with E-state index in [1.807, 2.05) is 24.3 Å². The molecule has 26 heavy (non-hydrogen) atoms. The van der Waals surface area contributed by atoms with Gasteiger partial charge in [-0.25, -0.2) is 4.79 Å². The third-order valence-corrected chi connectivity index (χ3v) is 3.23. The zero-order chi connectivity index (χ0) is 19.5. The van der Waals surface area contributed by atoms with Gasteiger partial charge in [0.2, 0.25) is 0 Å². The summed E-state index contributed by atoms with van der Waals surface area (Å²) >= 11 is 0. The van der Waals surface area contributed by atoms with E-state index in [0.29, 0.717) is 24.7 Å². The van der Waals surface area contributed by atoms with Gasteiger partial charge in [0.15, 0.2) is 17.6 Å². The number of ether oxygens (including phenoxy) is 3. The molecule has 10 heteroatoms. The number of aliphatic carboxylic acids is 2. The summed E-state index contributed by atoms with van der Waals surface area (Å²) in [6, 6.07) is 6.28. The number of alkyl carbamates (subject to hydrolysis) is 1. The highest BCUT2D eigenvalue weighted by Crippen LogP contribution is 2.26. The van der Waals surface area contributed by atoms with Crippen molar-refractivity contribution in [2.45, 2.75) is 25.0 Å². The normalized spacial score (nSPS) is 16.4. The van der Waals surface area contributed by atoms with Crippen LogP contribution in [0, 0.1) is 0 Å². The lowest BCUT2D eigenvalue weighted by Crippen LogP contribution is -2.30. The summed E-state index contributed by atoms with van der Waals surface area (Å²) in [6.07, 6.45) is -0.857. The van der Waals surface area contributed by atoms with Crippen LogP contribution in [0.3, 0.4) is 0 Å². The minimum absolute atomic E-state index is 0.0231. The zero-order valence-electron chi connectivity index (χ0n) is 14.2. The molecular formula is C16H22N2O8. The summed E-state index contributed by atoms with van der Waals surface area (Å²) < 4.78 is 15.6. The third-order valence-electron chi connectivity index (χ3n) is 3.23. The fourth-order valence-corrected chi connectivity index (χ4v) is 1.85. The number of nitrogens with one attached hydrogen (secondary N) is 1. The summed E-state index contributed by atoms with van der Waals surface area (Å²) in [5, 5.41) is 18.8. The molecule has 0 radical (unpaired) electrons. The van der Waals surface area contributed by atoms with Crippen molar-refractivity contribution in [3.8, 4) is 11.5 Å². The number of carbonyl (C=O) groups is 3. The highest BCUT2D eigenvalue weighted by Gasteiger charge is 2.23. The van der Waals surface area contributed by atoms with Gasteiger partial charge in [-0.3, -0.25) is 9.59 Å². The van der Waals surface area contributed by atoms with E-state index >= 15 is 0 Å². The largest absolute Gasteiger partial charge is 0.493 e. The first kappa shape index (κ1) is 21.0. The Morgan fingerprint density at radius 2 is 2.00 bits per heavy atom. The van der Waals surface area contributed by atoms with Crippen LogP contribution in [-0.2, 0) is 14.3 Å². The minimum Gasteiger partial charge on any atom is -0.493 e. The van der Waals surface area contributed by atoms with Crippen molar-refractivity contribution in [1.29, 1.82) is 0 Å². The molecule has 0 spiro atoms. The first-order chi connectivity index (χ1) is 12.3. The van der Waals surface area contributed by atoms with Crippen LogP contribution in [0.15, 0.2) is 24.3 Å². The molecule has 5 N–H and O–H groups in total. The summed E-state index contributed by atoms with van der Waals surface area (Å²) in [6.45, 7) is 0.799. The molecule has 10 nitrogen and oxygen atoms in total. The number of methoxy groups -OCH3 is 1. The molecule has 1 saturated heterocycles. The number of carboxylic acid groups (broad SMARTS) is 2. The average Bonchev–Trinajstić information content (AvgIpc) is 3.03. The van der Waals surface area contributed by atoms with Crippen LogP contribution in [0.5, 0.6) is 11.5 Å². The van der Waals surface area contributed by atoms with Gasteiger partial charge in [-0.05, 0) is 18.6 Å². The van der Waals surface area contributed by atoms with E-state index in [9.17, 15) is 14.4 Å². The molecule has 0 saturated carbocycles. The van der Waals surface area contributed by atoms with Gasteiger partial charge < -0.3 is 35.5 Å². The minimum atomic E-state index is -1.17. The van der Waals surface area contributed by atoms with E-state index in [-0.39, 0.29) is 18.9 Å². The Bertz CT molecular complexity index is 622. The predicted octanol–water partition coefficient (Wildman–Crippen LogP) is 0.446. The Kier molecular flexibility index (Phi) is 8.71. The Morgan fingerprint density at radius 1 is 1.35 bits per heavy atom. The van der Waals surface area contributed by atoms with Crippen LogP contribution in [0.2, 0.25) is 0 Å². The highest BCUT2D eigenvalue weighted by atomic mass is 16.6. The Labute approximate surface area is 149 Å². The topological polar surface area (TPSA) is 157 Å². The quantitative estimate of drug-likeness (QED) is 0.509. The molecule has 2 rings (SSSR count). The Balaban J connectivity index is 0.000000294. The molecular weight excluding hydrogens is 348 g/mol. The number of hydrogen-bond acceptors (Lipinski definition) is 7. The second-order valence-electron chi connectivity index (χ2n) is 5.25. The number of carbonyl (C=O) groups excluding carboxylic acids is 1. The number of benzene rings is 1.